The van der Waals surface area contributed by atoms with E-state index < -0.39 is 0 Å². The van der Waals surface area contributed by atoms with E-state index >= 15 is 0 Å². The Labute approximate surface area is 177 Å². The van der Waals surface area contributed by atoms with Gasteiger partial charge < -0.3 is 4.74 Å². The Morgan fingerprint density at radius 1 is 0.931 bits per heavy atom. The summed E-state index contributed by atoms with van der Waals surface area (Å²) in [6.45, 7) is 0.341. The minimum Gasteiger partial charge on any atom is -0.489 e. The predicted molar refractivity (Wildman–Crippen MR) is 117 cm³/mol. The van der Waals surface area contributed by atoms with Gasteiger partial charge in [-0.15, -0.1) is 0 Å². The number of anilines is 1. The van der Waals surface area contributed by atoms with Crippen molar-refractivity contribution in [3.8, 4) is 5.75 Å². The van der Waals surface area contributed by atoms with E-state index in [1.165, 1.54) is 4.90 Å². The van der Waals surface area contributed by atoms with Crippen molar-refractivity contribution in [2.24, 2.45) is 0 Å². The van der Waals surface area contributed by atoms with E-state index in [9.17, 15) is 9.59 Å². The summed E-state index contributed by atoms with van der Waals surface area (Å²) in [6, 6.07) is 23.8. The van der Waals surface area contributed by atoms with Gasteiger partial charge in [0.25, 0.3) is 11.1 Å². The molecule has 2 amide bonds. The number of nitrogens with zero attached hydrogens (tertiary/aromatic N) is 1. The molecule has 4 nitrogen and oxygen atoms in total. The number of carbonyl (C=O) groups excluding carboxylic acids is 2. The minimum atomic E-state index is -0.325. The molecule has 6 heteroatoms. The molecule has 0 unspecified atom stereocenters. The van der Waals surface area contributed by atoms with Gasteiger partial charge in [0, 0.05) is 10.6 Å². The topological polar surface area (TPSA) is 46.6 Å². The Bertz CT molecular complexity index is 1100. The maximum Gasteiger partial charge on any atom is 0.298 e. The molecule has 29 heavy (non-hydrogen) atoms. The van der Waals surface area contributed by atoms with Crippen LogP contribution in [0.5, 0.6) is 5.75 Å². The van der Waals surface area contributed by atoms with Gasteiger partial charge in [-0.3, -0.25) is 9.59 Å². The number of hydrogen-bond donors (Lipinski definition) is 0. The second kappa shape index (κ2) is 8.55. The number of hydrogen-bond acceptors (Lipinski definition) is 4. The number of imide groups is 1. The van der Waals surface area contributed by atoms with Crippen LogP contribution < -0.4 is 9.64 Å². The number of carbonyl (C=O) groups is 2. The highest BCUT2D eigenvalue weighted by Gasteiger charge is 2.36. The van der Waals surface area contributed by atoms with Gasteiger partial charge in [0.2, 0.25) is 0 Å². The Morgan fingerprint density at radius 2 is 1.69 bits per heavy atom. The molecule has 0 atom stereocenters. The molecule has 0 radical (unpaired) electrons. The highest BCUT2D eigenvalue weighted by atomic mass is 35.5. The number of ether oxygens (including phenoxy) is 1. The molecule has 1 saturated heterocycles. The number of rotatable bonds is 5. The summed E-state index contributed by atoms with van der Waals surface area (Å²) in [5.41, 5.74) is 2.24. The van der Waals surface area contributed by atoms with Crippen LogP contribution in [-0.2, 0) is 11.4 Å². The van der Waals surface area contributed by atoms with Crippen molar-refractivity contribution in [1.82, 2.24) is 0 Å². The van der Waals surface area contributed by atoms with Gasteiger partial charge in [0.1, 0.15) is 12.4 Å². The zero-order valence-corrected chi connectivity index (χ0v) is 16.8. The zero-order chi connectivity index (χ0) is 20.2. The minimum absolute atomic E-state index is 0.307. The monoisotopic (exact) mass is 421 g/mol. The lowest BCUT2D eigenvalue weighted by molar-refractivity contribution is -0.113. The molecule has 0 saturated carbocycles. The van der Waals surface area contributed by atoms with Crippen molar-refractivity contribution < 1.29 is 14.3 Å². The maximum atomic E-state index is 12.7. The highest BCUT2D eigenvalue weighted by Crippen LogP contribution is 2.35. The van der Waals surface area contributed by atoms with E-state index in [0.29, 0.717) is 28.0 Å². The van der Waals surface area contributed by atoms with E-state index in [-0.39, 0.29) is 11.1 Å². The van der Waals surface area contributed by atoms with Gasteiger partial charge >= 0.3 is 0 Å². The van der Waals surface area contributed by atoms with Crippen LogP contribution in [0.4, 0.5) is 10.5 Å². The molecule has 3 aromatic rings. The van der Waals surface area contributed by atoms with E-state index in [1.54, 1.807) is 30.3 Å². The average molecular weight is 422 g/mol. The normalized spacial score (nSPS) is 15.2. The fourth-order valence-electron chi connectivity index (χ4n) is 2.89. The number of halogens is 1. The molecule has 4 rings (SSSR count). The van der Waals surface area contributed by atoms with Crippen LogP contribution in [0.1, 0.15) is 11.1 Å². The standard InChI is InChI=1S/C23H16ClNO3S/c24-20-12-5-4-8-17(20)15-28-19-11-6-7-16(13-19)14-21-22(26)25(23(27)29-21)18-9-2-1-3-10-18/h1-14H,15H2/b21-14+. The first-order valence-corrected chi connectivity index (χ1v) is 10.1. The molecule has 0 N–H and O–H groups in total. The first kappa shape index (κ1) is 19.3. The molecule has 1 fully saturated rings. The molecular formula is C23H16ClNO3S. The van der Waals surface area contributed by atoms with Crippen molar-refractivity contribution in [2.75, 3.05) is 4.90 Å². The lowest BCUT2D eigenvalue weighted by Crippen LogP contribution is -2.27. The van der Waals surface area contributed by atoms with Crippen LogP contribution in [0.3, 0.4) is 0 Å². The largest absolute Gasteiger partial charge is 0.489 e. The molecule has 0 spiro atoms. The summed E-state index contributed by atoms with van der Waals surface area (Å²) in [6.07, 6.45) is 1.70. The quantitative estimate of drug-likeness (QED) is 0.463. The van der Waals surface area contributed by atoms with Crippen LogP contribution in [0, 0.1) is 0 Å². The van der Waals surface area contributed by atoms with Crippen LogP contribution in [0.15, 0.2) is 83.8 Å². The van der Waals surface area contributed by atoms with Gasteiger partial charge in [-0.05, 0) is 53.7 Å². The van der Waals surface area contributed by atoms with Gasteiger partial charge in [-0.1, -0.05) is 60.1 Å². The smallest absolute Gasteiger partial charge is 0.298 e. The molecular weight excluding hydrogens is 406 g/mol. The van der Waals surface area contributed by atoms with E-state index in [2.05, 4.69) is 0 Å². The van der Waals surface area contributed by atoms with Gasteiger partial charge in [0.05, 0.1) is 10.6 Å². The van der Waals surface area contributed by atoms with Crippen molar-refractivity contribution in [3.05, 3.63) is 99.9 Å². The van der Waals surface area contributed by atoms with E-state index in [4.69, 9.17) is 16.3 Å². The highest BCUT2D eigenvalue weighted by molar-refractivity contribution is 8.19. The lowest BCUT2D eigenvalue weighted by Gasteiger charge is -2.11. The SMILES string of the molecule is O=C1S/C(=C/c2cccc(OCc3ccccc3Cl)c2)C(=O)N1c1ccccc1. The predicted octanol–water partition coefficient (Wildman–Crippen LogP) is 6.16. The fourth-order valence-corrected chi connectivity index (χ4v) is 3.92. The van der Waals surface area contributed by atoms with Gasteiger partial charge in [-0.2, -0.15) is 0 Å². The summed E-state index contributed by atoms with van der Waals surface area (Å²) in [5, 5.41) is 0.344. The molecule has 0 aromatic heterocycles. The number of amides is 2. The summed E-state index contributed by atoms with van der Waals surface area (Å²) >= 11 is 7.09. The third-order valence-corrected chi connectivity index (χ3v) is 5.55. The van der Waals surface area contributed by atoms with Crippen LogP contribution in [0.25, 0.3) is 6.08 Å². The molecule has 144 valence electrons. The van der Waals surface area contributed by atoms with Crippen LogP contribution >= 0.6 is 23.4 Å². The molecule has 1 aliphatic heterocycles. The van der Waals surface area contributed by atoms with Crippen LogP contribution in [0.2, 0.25) is 5.02 Å². The summed E-state index contributed by atoms with van der Waals surface area (Å²) in [5.74, 6) is 0.328. The van der Waals surface area contributed by atoms with Crippen molar-refractivity contribution in [1.29, 1.82) is 0 Å². The van der Waals surface area contributed by atoms with E-state index in [0.717, 1.165) is 22.9 Å². The fraction of sp³-hybridized carbons (Fsp3) is 0.0435. The summed E-state index contributed by atoms with van der Waals surface area (Å²) in [4.78, 5) is 26.6. The molecule has 1 heterocycles. The second-order valence-corrected chi connectivity index (χ2v) is 7.71. The Balaban J connectivity index is 1.51. The first-order valence-electron chi connectivity index (χ1n) is 8.91. The van der Waals surface area contributed by atoms with Crippen molar-refractivity contribution >= 4 is 46.3 Å². The van der Waals surface area contributed by atoms with E-state index in [1.807, 2.05) is 54.6 Å². The molecule has 0 aliphatic carbocycles. The second-order valence-electron chi connectivity index (χ2n) is 6.31. The van der Waals surface area contributed by atoms with Crippen molar-refractivity contribution in [3.63, 3.8) is 0 Å². The number of thioether (sulfide) groups is 1. The lowest BCUT2D eigenvalue weighted by atomic mass is 10.2. The third kappa shape index (κ3) is 4.36. The third-order valence-electron chi connectivity index (χ3n) is 4.32. The Morgan fingerprint density at radius 3 is 2.48 bits per heavy atom. The summed E-state index contributed by atoms with van der Waals surface area (Å²) in [7, 11) is 0. The first-order chi connectivity index (χ1) is 14.1. The maximum absolute atomic E-state index is 12.7. The Kier molecular flexibility index (Phi) is 5.69. The molecule has 0 bridgehead atoms. The van der Waals surface area contributed by atoms with Gasteiger partial charge in [0.15, 0.2) is 0 Å². The molecule has 3 aromatic carbocycles. The molecule has 1 aliphatic rings. The average Bonchev–Trinajstić information content (AvgIpc) is 3.01. The van der Waals surface area contributed by atoms with Crippen molar-refractivity contribution in [2.45, 2.75) is 6.61 Å². The number of para-hydroxylation sites is 1. The Hall–Kier alpha value is -3.02. The van der Waals surface area contributed by atoms with Gasteiger partial charge in [-0.25, -0.2) is 4.90 Å². The summed E-state index contributed by atoms with van der Waals surface area (Å²) < 4.78 is 5.83. The zero-order valence-electron chi connectivity index (χ0n) is 15.2. The number of benzene rings is 3. The van der Waals surface area contributed by atoms with Crippen LogP contribution in [-0.4, -0.2) is 11.1 Å².